The second-order valence-corrected chi connectivity index (χ2v) is 5.04. The summed E-state index contributed by atoms with van der Waals surface area (Å²) in [5.74, 6) is -0.287. The van der Waals surface area contributed by atoms with Crippen LogP contribution >= 0.6 is 0 Å². The van der Waals surface area contributed by atoms with Crippen LogP contribution in [0.5, 0.6) is 0 Å². The maximum absolute atomic E-state index is 13.0. The Kier molecular flexibility index (Phi) is 2.90. The highest BCUT2D eigenvalue weighted by Crippen LogP contribution is 2.31. The van der Waals surface area contributed by atoms with Crippen molar-refractivity contribution in [1.29, 1.82) is 0 Å². The van der Waals surface area contributed by atoms with Gasteiger partial charge < -0.3 is 4.98 Å². The SMILES string of the molecule is Cc1cc(C)c2[nH]c(-c3ccc(F)cc3)c(C=O)c2c1. The standard InChI is InChI=1S/C17H14FNO/c1-10-7-11(2)16-14(8-10)15(9-20)17(19-16)12-3-5-13(18)6-4-12/h3-9,19H,1-2H3. The average Bonchev–Trinajstić information content (AvgIpc) is 2.78. The van der Waals surface area contributed by atoms with Crippen molar-refractivity contribution in [3.63, 3.8) is 0 Å². The van der Waals surface area contributed by atoms with Gasteiger partial charge in [0.05, 0.1) is 5.69 Å². The lowest BCUT2D eigenvalue weighted by molar-refractivity contribution is 0.112. The molecule has 20 heavy (non-hydrogen) atoms. The van der Waals surface area contributed by atoms with Gasteiger partial charge in [0.2, 0.25) is 0 Å². The molecule has 1 N–H and O–H groups in total. The number of hydrogen-bond acceptors (Lipinski definition) is 1. The number of aromatic amines is 1. The van der Waals surface area contributed by atoms with Crippen molar-refractivity contribution in [2.75, 3.05) is 0 Å². The van der Waals surface area contributed by atoms with Crippen LogP contribution in [-0.4, -0.2) is 11.3 Å². The molecule has 2 aromatic carbocycles. The molecule has 0 atom stereocenters. The Balaban J connectivity index is 2.33. The fourth-order valence-corrected chi connectivity index (χ4v) is 2.64. The smallest absolute Gasteiger partial charge is 0.152 e. The van der Waals surface area contributed by atoms with Gasteiger partial charge in [-0.25, -0.2) is 4.39 Å². The molecule has 1 aromatic heterocycles. The fourth-order valence-electron chi connectivity index (χ4n) is 2.64. The lowest BCUT2D eigenvalue weighted by atomic mass is 10.0. The highest BCUT2D eigenvalue weighted by molar-refractivity contribution is 6.05. The van der Waals surface area contributed by atoms with Crippen LogP contribution in [0.15, 0.2) is 36.4 Å². The fraction of sp³-hybridized carbons (Fsp3) is 0.118. The molecular weight excluding hydrogens is 253 g/mol. The number of carbonyl (C=O) groups excluding carboxylic acids is 1. The molecule has 0 unspecified atom stereocenters. The molecule has 3 rings (SSSR count). The van der Waals surface area contributed by atoms with Crippen molar-refractivity contribution < 1.29 is 9.18 Å². The van der Waals surface area contributed by atoms with Crippen LogP contribution < -0.4 is 0 Å². The molecule has 0 spiro atoms. The second kappa shape index (κ2) is 4.60. The molecule has 0 saturated heterocycles. The number of aryl methyl sites for hydroxylation is 2. The summed E-state index contributed by atoms with van der Waals surface area (Å²) in [6, 6.07) is 10.2. The van der Waals surface area contributed by atoms with E-state index in [0.717, 1.165) is 39.6 Å². The molecule has 0 aliphatic carbocycles. The topological polar surface area (TPSA) is 32.9 Å². The highest BCUT2D eigenvalue weighted by atomic mass is 19.1. The molecule has 0 fully saturated rings. The van der Waals surface area contributed by atoms with Crippen molar-refractivity contribution in [2.24, 2.45) is 0 Å². The number of hydrogen-bond donors (Lipinski definition) is 1. The first kappa shape index (κ1) is 12.6. The molecule has 0 bridgehead atoms. The summed E-state index contributed by atoms with van der Waals surface area (Å²) >= 11 is 0. The van der Waals surface area contributed by atoms with Gasteiger partial charge in [0, 0.05) is 16.5 Å². The van der Waals surface area contributed by atoms with Crippen LogP contribution in [0.4, 0.5) is 4.39 Å². The van der Waals surface area contributed by atoms with Gasteiger partial charge in [-0.3, -0.25) is 4.79 Å². The van der Waals surface area contributed by atoms with E-state index in [-0.39, 0.29) is 5.82 Å². The van der Waals surface area contributed by atoms with Crippen molar-refractivity contribution in [3.05, 3.63) is 58.9 Å². The lowest BCUT2D eigenvalue weighted by Gasteiger charge is -1.99. The number of benzene rings is 2. The van der Waals surface area contributed by atoms with Crippen LogP contribution in [0.2, 0.25) is 0 Å². The summed E-state index contributed by atoms with van der Waals surface area (Å²) in [6.45, 7) is 4.01. The third kappa shape index (κ3) is 1.92. The van der Waals surface area contributed by atoms with Gasteiger partial charge in [-0.1, -0.05) is 11.6 Å². The van der Waals surface area contributed by atoms with E-state index in [9.17, 15) is 9.18 Å². The minimum absolute atomic E-state index is 0.287. The summed E-state index contributed by atoms with van der Waals surface area (Å²) in [5, 5.41) is 0.914. The van der Waals surface area contributed by atoms with Gasteiger partial charge in [0.1, 0.15) is 5.82 Å². The van der Waals surface area contributed by atoms with Crippen LogP contribution in [0.1, 0.15) is 21.5 Å². The van der Waals surface area contributed by atoms with Crippen LogP contribution in [-0.2, 0) is 0 Å². The maximum Gasteiger partial charge on any atom is 0.152 e. The lowest BCUT2D eigenvalue weighted by Crippen LogP contribution is -1.85. The Morgan fingerprint density at radius 2 is 1.80 bits per heavy atom. The van der Waals surface area contributed by atoms with E-state index in [2.05, 4.69) is 11.1 Å². The maximum atomic E-state index is 13.0. The molecule has 0 aliphatic rings. The summed E-state index contributed by atoms with van der Waals surface area (Å²) < 4.78 is 13.0. The minimum atomic E-state index is -0.287. The first-order chi connectivity index (χ1) is 9.60. The average molecular weight is 267 g/mol. The number of carbonyl (C=O) groups is 1. The third-order valence-corrected chi connectivity index (χ3v) is 3.54. The Hall–Kier alpha value is -2.42. The van der Waals surface area contributed by atoms with Crippen LogP contribution in [0.3, 0.4) is 0 Å². The predicted octanol–water partition coefficient (Wildman–Crippen LogP) is 4.40. The van der Waals surface area contributed by atoms with E-state index in [0.29, 0.717) is 5.56 Å². The van der Waals surface area contributed by atoms with Gasteiger partial charge in [0.25, 0.3) is 0 Å². The van der Waals surface area contributed by atoms with E-state index < -0.39 is 0 Å². The van der Waals surface area contributed by atoms with Gasteiger partial charge >= 0.3 is 0 Å². The molecule has 3 aromatic rings. The molecule has 0 amide bonds. The Bertz CT molecular complexity index is 800. The van der Waals surface area contributed by atoms with E-state index >= 15 is 0 Å². The Labute approximate surface area is 116 Å². The monoisotopic (exact) mass is 267 g/mol. The van der Waals surface area contributed by atoms with Gasteiger partial charge in [-0.2, -0.15) is 0 Å². The number of rotatable bonds is 2. The number of halogens is 1. The van der Waals surface area contributed by atoms with E-state index in [1.54, 1.807) is 12.1 Å². The molecular formula is C17H14FNO. The first-order valence-corrected chi connectivity index (χ1v) is 6.44. The highest BCUT2D eigenvalue weighted by Gasteiger charge is 2.14. The normalized spacial score (nSPS) is 10.9. The molecule has 0 saturated carbocycles. The molecule has 2 nitrogen and oxygen atoms in total. The number of H-pyrrole nitrogens is 1. The van der Waals surface area contributed by atoms with Crippen LogP contribution in [0.25, 0.3) is 22.2 Å². The molecule has 0 aliphatic heterocycles. The number of aldehydes is 1. The zero-order chi connectivity index (χ0) is 14.3. The van der Waals surface area contributed by atoms with Gasteiger partial charge in [-0.05, 0) is 55.3 Å². The van der Waals surface area contributed by atoms with Crippen molar-refractivity contribution >= 4 is 17.2 Å². The number of fused-ring (bicyclic) bond motifs is 1. The van der Waals surface area contributed by atoms with Crippen molar-refractivity contribution in [1.82, 2.24) is 4.98 Å². The third-order valence-electron chi connectivity index (χ3n) is 3.54. The largest absolute Gasteiger partial charge is 0.354 e. The molecule has 100 valence electrons. The quantitative estimate of drug-likeness (QED) is 0.686. The Morgan fingerprint density at radius 3 is 2.45 bits per heavy atom. The minimum Gasteiger partial charge on any atom is -0.354 e. The number of nitrogens with one attached hydrogen (secondary N) is 1. The predicted molar refractivity (Wildman–Crippen MR) is 78.6 cm³/mol. The van der Waals surface area contributed by atoms with Crippen LogP contribution in [0, 0.1) is 19.7 Å². The van der Waals surface area contributed by atoms with E-state index in [1.165, 1.54) is 12.1 Å². The summed E-state index contributed by atoms with van der Waals surface area (Å²) in [7, 11) is 0. The van der Waals surface area contributed by atoms with Crippen molar-refractivity contribution in [3.8, 4) is 11.3 Å². The van der Waals surface area contributed by atoms with Crippen molar-refractivity contribution in [2.45, 2.75) is 13.8 Å². The van der Waals surface area contributed by atoms with Gasteiger partial charge in [-0.15, -0.1) is 0 Å². The second-order valence-electron chi connectivity index (χ2n) is 5.04. The first-order valence-electron chi connectivity index (χ1n) is 6.44. The summed E-state index contributed by atoms with van der Waals surface area (Å²) in [5.41, 5.74) is 5.33. The zero-order valence-corrected chi connectivity index (χ0v) is 11.3. The molecule has 0 radical (unpaired) electrons. The molecule has 1 heterocycles. The van der Waals surface area contributed by atoms with E-state index in [4.69, 9.17) is 0 Å². The zero-order valence-electron chi connectivity index (χ0n) is 11.3. The Morgan fingerprint density at radius 1 is 1.10 bits per heavy atom. The number of aromatic nitrogens is 1. The summed E-state index contributed by atoms with van der Waals surface area (Å²) in [6.07, 6.45) is 0.858. The molecule has 3 heteroatoms. The van der Waals surface area contributed by atoms with E-state index in [1.807, 2.05) is 19.9 Å². The van der Waals surface area contributed by atoms with Gasteiger partial charge in [0.15, 0.2) is 6.29 Å². The summed E-state index contributed by atoms with van der Waals surface area (Å²) in [4.78, 5) is 14.8.